The molecule has 0 amide bonds. The van der Waals surface area contributed by atoms with Gasteiger partial charge in [0.25, 0.3) is 0 Å². The molecule has 0 unspecified atom stereocenters. The van der Waals surface area contributed by atoms with E-state index in [1.165, 1.54) is 16.7 Å². The maximum Gasteiger partial charge on any atom is 0.173 e. The summed E-state index contributed by atoms with van der Waals surface area (Å²) in [4.78, 5) is 2.57. The summed E-state index contributed by atoms with van der Waals surface area (Å²) in [6.45, 7) is 3.15. The van der Waals surface area contributed by atoms with Gasteiger partial charge in [-0.05, 0) is 43.6 Å². The lowest BCUT2D eigenvalue weighted by atomic mass is 9.66. The number of methoxy groups -OCH3 is 1. The van der Waals surface area contributed by atoms with Gasteiger partial charge in [0, 0.05) is 23.1 Å². The van der Waals surface area contributed by atoms with Crippen LogP contribution in [0.4, 0.5) is 0 Å². The van der Waals surface area contributed by atoms with Crippen LogP contribution in [-0.4, -0.2) is 25.1 Å². The molecule has 142 valence electrons. The first kappa shape index (κ1) is 17.3. The molecule has 0 N–H and O–H groups in total. The van der Waals surface area contributed by atoms with Crippen LogP contribution >= 0.6 is 0 Å². The Morgan fingerprint density at radius 1 is 0.857 bits per heavy atom. The molecule has 0 saturated carbocycles. The van der Waals surface area contributed by atoms with Crippen molar-refractivity contribution in [2.24, 2.45) is 0 Å². The number of hydrogen-bond donors (Lipinski definition) is 0. The smallest absolute Gasteiger partial charge is 0.173 e. The van der Waals surface area contributed by atoms with Gasteiger partial charge in [-0.1, -0.05) is 60.7 Å². The molecule has 2 aliphatic heterocycles. The van der Waals surface area contributed by atoms with E-state index in [-0.39, 0.29) is 5.41 Å². The molecule has 0 radical (unpaired) electrons. The van der Waals surface area contributed by atoms with E-state index in [0.29, 0.717) is 0 Å². The van der Waals surface area contributed by atoms with Gasteiger partial charge >= 0.3 is 0 Å². The summed E-state index contributed by atoms with van der Waals surface area (Å²) < 4.78 is 11.9. The zero-order valence-corrected chi connectivity index (χ0v) is 16.2. The van der Waals surface area contributed by atoms with Gasteiger partial charge in [0.05, 0.1) is 7.11 Å². The second-order valence-electron chi connectivity index (χ2n) is 7.78. The largest absolute Gasteiger partial charge is 0.493 e. The van der Waals surface area contributed by atoms with Crippen LogP contribution in [0.15, 0.2) is 72.8 Å². The zero-order chi connectivity index (χ0) is 19.0. The van der Waals surface area contributed by atoms with Crippen molar-refractivity contribution < 1.29 is 9.47 Å². The molecular weight excluding hydrogens is 346 g/mol. The quantitative estimate of drug-likeness (QED) is 0.617. The standard InChI is InChI=1S/C25H25NO2/c1-27-23-13-7-11-21-24(23)28-22-12-6-5-10-20(22)25(21)14-16-26(17-15-25)18-19-8-3-2-4-9-19/h2-13H,14-18H2,1H3. The van der Waals surface area contributed by atoms with Gasteiger partial charge in [-0.15, -0.1) is 0 Å². The van der Waals surface area contributed by atoms with Crippen LogP contribution in [0.25, 0.3) is 0 Å². The number of rotatable bonds is 3. The van der Waals surface area contributed by atoms with Crippen LogP contribution in [0.3, 0.4) is 0 Å². The molecule has 3 aromatic carbocycles. The summed E-state index contributed by atoms with van der Waals surface area (Å²) in [5.41, 5.74) is 3.96. The van der Waals surface area contributed by atoms with Crippen molar-refractivity contribution in [1.82, 2.24) is 4.90 Å². The second-order valence-corrected chi connectivity index (χ2v) is 7.78. The van der Waals surface area contributed by atoms with E-state index < -0.39 is 0 Å². The van der Waals surface area contributed by atoms with Gasteiger partial charge in [-0.25, -0.2) is 0 Å². The van der Waals surface area contributed by atoms with E-state index in [4.69, 9.17) is 9.47 Å². The lowest BCUT2D eigenvalue weighted by Gasteiger charge is -2.46. The maximum absolute atomic E-state index is 6.31. The van der Waals surface area contributed by atoms with Crippen molar-refractivity contribution in [3.05, 3.63) is 89.5 Å². The first-order chi connectivity index (χ1) is 13.8. The van der Waals surface area contributed by atoms with Gasteiger partial charge in [-0.2, -0.15) is 0 Å². The fourth-order valence-electron chi connectivity index (χ4n) is 4.84. The number of nitrogens with zero attached hydrogens (tertiary/aromatic N) is 1. The van der Waals surface area contributed by atoms with Crippen molar-refractivity contribution >= 4 is 0 Å². The third kappa shape index (κ3) is 2.78. The Morgan fingerprint density at radius 2 is 1.57 bits per heavy atom. The summed E-state index contributed by atoms with van der Waals surface area (Å²) >= 11 is 0. The summed E-state index contributed by atoms with van der Waals surface area (Å²) in [5.74, 6) is 2.68. The average Bonchev–Trinajstić information content (AvgIpc) is 2.76. The Morgan fingerprint density at radius 3 is 2.36 bits per heavy atom. The van der Waals surface area contributed by atoms with Gasteiger partial charge in [0.15, 0.2) is 11.5 Å². The van der Waals surface area contributed by atoms with Crippen LogP contribution in [0.2, 0.25) is 0 Å². The Hall–Kier alpha value is -2.78. The van der Waals surface area contributed by atoms with Crippen LogP contribution in [0.5, 0.6) is 17.2 Å². The highest BCUT2D eigenvalue weighted by Crippen LogP contribution is 2.55. The molecule has 0 aromatic heterocycles. The fraction of sp³-hybridized carbons (Fsp3) is 0.280. The van der Waals surface area contributed by atoms with E-state index in [2.05, 4.69) is 71.6 Å². The van der Waals surface area contributed by atoms with Gasteiger partial charge in [0.1, 0.15) is 5.75 Å². The predicted octanol–water partition coefficient (Wildman–Crippen LogP) is 5.38. The Balaban J connectivity index is 1.50. The second kappa shape index (κ2) is 6.99. The third-order valence-electron chi connectivity index (χ3n) is 6.29. The molecule has 3 aromatic rings. The van der Waals surface area contributed by atoms with Crippen molar-refractivity contribution in [1.29, 1.82) is 0 Å². The van der Waals surface area contributed by atoms with Crippen molar-refractivity contribution in [2.75, 3.05) is 20.2 Å². The van der Waals surface area contributed by atoms with E-state index >= 15 is 0 Å². The topological polar surface area (TPSA) is 21.7 Å². The monoisotopic (exact) mass is 371 g/mol. The molecule has 28 heavy (non-hydrogen) atoms. The van der Waals surface area contributed by atoms with Crippen molar-refractivity contribution in [3.8, 4) is 17.2 Å². The number of hydrogen-bond acceptors (Lipinski definition) is 3. The molecule has 1 spiro atoms. The highest BCUT2D eigenvalue weighted by atomic mass is 16.5. The van der Waals surface area contributed by atoms with Gasteiger partial charge in [0.2, 0.25) is 0 Å². The molecule has 3 heteroatoms. The number of ether oxygens (including phenoxy) is 2. The summed E-state index contributed by atoms with van der Waals surface area (Å²) in [5, 5.41) is 0. The minimum Gasteiger partial charge on any atom is -0.493 e. The SMILES string of the molecule is COc1cccc2c1Oc1ccccc1C21CCN(Cc2ccccc2)CC1. The summed E-state index contributed by atoms with van der Waals surface area (Å²) in [6, 6.07) is 25.6. The van der Waals surface area contributed by atoms with Gasteiger partial charge < -0.3 is 9.47 Å². The van der Waals surface area contributed by atoms with Crippen molar-refractivity contribution in [2.45, 2.75) is 24.8 Å². The normalized spacial score (nSPS) is 17.5. The molecular formula is C25H25NO2. The number of likely N-dealkylation sites (tertiary alicyclic amines) is 1. The summed E-state index contributed by atoms with van der Waals surface area (Å²) in [6.07, 6.45) is 2.17. The summed E-state index contributed by atoms with van der Waals surface area (Å²) in [7, 11) is 1.72. The molecule has 5 rings (SSSR count). The van der Waals surface area contributed by atoms with Gasteiger partial charge in [-0.3, -0.25) is 4.90 Å². The van der Waals surface area contributed by atoms with Crippen LogP contribution < -0.4 is 9.47 Å². The molecule has 1 saturated heterocycles. The highest BCUT2D eigenvalue weighted by molar-refractivity contribution is 5.62. The molecule has 2 heterocycles. The third-order valence-corrected chi connectivity index (χ3v) is 6.29. The first-order valence-electron chi connectivity index (χ1n) is 10.0. The fourth-order valence-corrected chi connectivity index (χ4v) is 4.84. The van der Waals surface area contributed by atoms with E-state index in [0.717, 1.165) is 49.7 Å². The number of benzene rings is 3. The van der Waals surface area contributed by atoms with Crippen LogP contribution in [0, 0.1) is 0 Å². The van der Waals surface area contributed by atoms with Crippen molar-refractivity contribution in [3.63, 3.8) is 0 Å². The average molecular weight is 371 g/mol. The molecule has 0 bridgehead atoms. The zero-order valence-electron chi connectivity index (χ0n) is 16.2. The number of para-hydroxylation sites is 2. The Bertz CT molecular complexity index is 975. The molecule has 0 atom stereocenters. The predicted molar refractivity (Wildman–Crippen MR) is 111 cm³/mol. The van der Waals surface area contributed by atoms with E-state index in [9.17, 15) is 0 Å². The lowest BCUT2D eigenvalue weighted by molar-refractivity contribution is 0.164. The van der Waals surface area contributed by atoms with E-state index in [1.54, 1.807) is 7.11 Å². The van der Waals surface area contributed by atoms with Crippen LogP contribution in [-0.2, 0) is 12.0 Å². The Kier molecular flexibility index (Phi) is 4.33. The first-order valence-corrected chi connectivity index (χ1v) is 10.0. The molecule has 0 aliphatic carbocycles. The van der Waals surface area contributed by atoms with Crippen LogP contribution in [0.1, 0.15) is 29.5 Å². The maximum atomic E-state index is 6.31. The number of piperidine rings is 1. The lowest BCUT2D eigenvalue weighted by Crippen LogP contribution is -2.44. The highest BCUT2D eigenvalue weighted by Gasteiger charge is 2.45. The Labute approximate surface area is 166 Å². The minimum atomic E-state index is -0.00803. The number of fused-ring (bicyclic) bond motifs is 4. The van der Waals surface area contributed by atoms with E-state index in [1.807, 2.05) is 6.07 Å². The minimum absolute atomic E-state index is 0.00803. The molecule has 1 fully saturated rings. The molecule has 2 aliphatic rings. The molecule has 3 nitrogen and oxygen atoms in total.